The number of rotatable bonds is 6. The molecule has 94 valence electrons. The molecule has 0 fully saturated rings. The van der Waals surface area contributed by atoms with Crippen LogP contribution >= 0.6 is 0 Å². The third-order valence-corrected chi connectivity index (χ3v) is 2.39. The van der Waals surface area contributed by atoms with Gasteiger partial charge >= 0.3 is 5.82 Å². The quantitative estimate of drug-likeness (QED) is 0.452. The molecule has 0 saturated heterocycles. The highest BCUT2D eigenvalue weighted by Gasteiger charge is 2.21. The number of hydrogen-bond acceptors (Lipinski definition) is 4. The van der Waals surface area contributed by atoms with Gasteiger partial charge in [0.25, 0.3) is 0 Å². The molecule has 0 aromatic carbocycles. The number of nitrogens with zero attached hydrogens (tertiary/aromatic N) is 3. The molecule has 0 saturated carbocycles. The van der Waals surface area contributed by atoms with Crippen LogP contribution in [0.1, 0.15) is 25.5 Å². The number of amides is 1. The molecule has 0 aliphatic carbocycles. The van der Waals surface area contributed by atoms with Gasteiger partial charge in [-0.05, 0) is 16.3 Å². The van der Waals surface area contributed by atoms with Crippen molar-refractivity contribution in [3.05, 3.63) is 22.1 Å². The molecule has 1 N–H and O–H groups in total. The summed E-state index contributed by atoms with van der Waals surface area (Å²) in [6.07, 6.45) is 3.22. The Balaban J connectivity index is 2.64. The molecular weight excluding hydrogens is 224 g/mol. The molecule has 1 rings (SSSR count). The van der Waals surface area contributed by atoms with Gasteiger partial charge in [-0.3, -0.25) is 4.79 Å². The molecule has 0 spiro atoms. The van der Waals surface area contributed by atoms with Crippen molar-refractivity contribution in [2.24, 2.45) is 7.05 Å². The van der Waals surface area contributed by atoms with E-state index >= 15 is 0 Å². The van der Waals surface area contributed by atoms with Gasteiger partial charge in [0.05, 0.1) is 6.42 Å². The third-order valence-electron chi connectivity index (χ3n) is 2.39. The number of nitro groups is 1. The van der Waals surface area contributed by atoms with Crippen molar-refractivity contribution in [3.8, 4) is 0 Å². The molecule has 0 unspecified atom stereocenters. The van der Waals surface area contributed by atoms with Crippen LogP contribution in [0.2, 0.25) is 0 Å². The van der Waals surface area contributed by atoms with Crippen LogP contribution in [0.4, 0.5) is 5.82 Å². The average molecular weight is 240 g/mol. The Morgan fingerprint density at radius 2 is 2.35 bits per heavy atom. The summed E-state index contributed by atoms with van der Waals surface area (Å²) in [5, 5.41) is 13.4. The fraction of sp³-hybridized carbons (Fsp3) is 0.600. The highest BCUT2D eigenvalue weighted by Crippen LogP contribution is 2.15. The highest BCUT2D eigenvalue weighted by atomic mass is 16.6. The van der Waals surface area contributed by atoms with Crippen LogP contribution in [-0.4, -0.2) is 26.9 Å². The maximum atomic E-state index is 11.5. The minimum absolute atomic E-state index is 0.0173. The van der Waals surface area contributed by atoms with E-state index in [1.807, 2.05) is 6.92 Å². The van der Waals surface area contributed by atoms with Gasteiger partial charge in [-0.1, -0.05) is 13.3 Å². The van der Waals surface area contributed by atoms with E-state index in [4.69, 9.17) is 0 Å². The summed E-state index contributed by atoms with van der Waals surface area (Å²) in [5.41, 5.74) is 0.323. The molecule has 1 aromatic heterocycles. The summed E-state index contributed by atoms with van der Waals surface area (Å²) < 4.78 is 1.50. The Morgan fingerprint density at radius 1 is 1.65 bits per heavy atom. The number of aromatic nitrogens is 2. The van der Waals surface area contributed by atoms with Crippen LogP contribution < -0.4 is 5.32 Å². The maximum Gasteiger partial charge on any atom is 0.385 e. The Morgan fingerprint density at radius 3 is 2.94 bits per heavy atom. The van der Waals surface area contributed by atoms with E-state index in [-0.39, 0.29) is 18.1 Å². The molecular formula is C10H16N4O3. The summed E-state index contributed by atoms with van der Waals surface area (Å²) in [5.74, 6) is -0.469. The predicted octanol–water partition coefficient (Wildman–Crippen LogP) is 0.787. The Labute approximate surface area is 99.0 Å². The number of hydrogen-bond donors (Lipinski definition) is 1. The minimum Gasteiger partial charge on any atom is -0.358 e. The maximum absolute atomic E-state index is 11.5. The number of unbranched alkanes of at least 4 members (excludes halogenated alkanes) is 1. The monoisotopic (exact) mass is 240 g/mol. The lowest BCUT2D eigenvalue weighted by Crippen LogP contribution is -2.27. The van der Waals surface area contributed by atoms with Gasteiger partial charge < -0.3 is 20.0 Å². The van der Waals surface area contributed by atoms with Gasteiger partial charge in [0, 0.05) is 13.6 Å². The number of imidazole rings is 1. The lowest BCUT2D eigenvalue weighted by Gasteiger charge is -2.04. The summed E-state index contributed by atoms with van der Waals surface area (Å²) in [6, 6.07) is 0. The first-order chi connectivity index (χ1) is 8.06. The molecule has 0 radical (unpaired) electrons. The molecule has 7 nitrogen and oxygen atoms in total. The Bertz CT molecular complexity index is 414. The van der Waals surface area contributed by atoms with E-state index in [0.717, 1.165) is 12.8 Å². The van der Waals surface area contributed by atoms with Gasteiger partial charge in [0.2, 0.25) is 12.2 Å². The first kappa shape index (κ1) is 13.1. The zero-order chi connectivity index (χ0) is 12.8. The van der Waals surface area contributed by atoms with Gasteiger partial charge in [0.1, 0.15) is 5.69 Å². The zero-order valence-corrected chi connectivity index (χ0v) is 9.97. The van der Waals surface area contributed by atoms with Gasteiger partial charge in [-0.15, -0.1) is 0 Å². The molecule has 0 aliphatic rings. The van der Waals surface area contributed by atoms with E-state index in [0.29, 0.717) is 12.2 Å². The van der Waals surface area contributed by atoms with Crippen molar-refractivity contribution in [3.63, 3.8) is 0 Å². The molecule has 0 atom stereocenters. The van der Waals surface area contributed by atoms with Crippen LogP contribution in [0.25, 0.3) is 0 Å². The highest BCUT2D eigenvalue weighted by molar-refractivity contribution is 5.78. The standard InChI is InChI=1S/C10H16N4O3/c1-3-4-5-11-9(15)6-8-10(14(16)17)12-7-13(8)2/h7H,3-6H2,1-2H3,(H,11,15). The minimum atomic E-state index is -0.575. The third kappa shape index (κ3) is 3.54. The van der Waals surface area contributed by atoms with Crippen molar-refractivity contribution >= 4 is 11.7 Å². The van der Waals surface area contributed by atoms with Gasteiger partial charge in [-0.25, -0.2) is 0 Å². The summed E-state index contributed by atoms with van der Waals surface area (Å²) >= 11 is 0. The summed E-state index contributed by atoms with van der Waals surface area (Å²) in [4.78, 5) is 25.3. The van der Waals surface area contributed by atoms with E-state index in [1.165, 1.54) is 10.9 Å². The van der Waals surface area contributed by atoms with Crippen LogP contribution in [0, 0.1) is 10.1 Å². The second-order valence-corrected chi connectivity index (χ2v) is 3.76. The normalized spacial score (nSPS) is 10.2. The van der Waals surface area contributed by atoms with Crippen molar-refractivity contribution in [1.29, 1.82) is 0 Å². The average Bonchev–Trinajstić information content (AvgIpc) is 2.61. The lowest BCUT2D eigenvalue weighted by atomic mass is 10.2. The fourth-order valence-electron chi connectivity index (χ4n) is 1.42. The zero-order valence-electron chi connectivity index (χ0n) is 9.97. The molecule has 1 amide bonds. The van der Waals surface area contributed by atoms with Crippen LogP contribution in [0.3, 0.4) is 0 Å². The number of carbonyl (C=O) groups is 1. The number of carbonyl (C=O) groups excluding carboxylic acids is 1. The van der Waals surface area contributed by atoms with E-state index in [9.17, 15) is 14.9 Å². The SMILES string of the molecule is CCCCNC(=O)Cc1c([N+](=O)[O-])ncn1C. The van der Waals surface area contributed by atoms with Crippen molar-refractivity contribution in [1.82, 2.24) is 14.9 Å². The molecule has 1 aromatic rings. The first-order valence-corrected chi connectivity index (χ1v) is 5.47. The van der Waals surface area contributed by atoms with Crippen molar-refractivity contribution in [2.75, 3.05) is 6.54 Å². The second-order valence-electron chi connectivity index (χ2n) is 3.76. The smallest absolute Gasteiger partial charge is 0.358 e. The Kier molecular flexibility index (Phi) is 4.62. The van der Waals surface area contributed by atoms with Crippen molar-refractivity contribution in [2.45, 2.75) is 26.2 Å². The number of aryl methyl sites for hydroxylation is 1. The predicted molar refractivity (Wildman–Crippen MR) is 61.5 cm³/mol. The molecule has 17 heavy (non-hydrogen) atoms. The van der Waals surface area contributed by atoms with E-state index < -0.39 is 4.92 Å². The molecule has 0 aliphatic heterocycles. The van der Waals surface area contributed by atoms with Crippen LogP contribution in [-0.2, 0) is 18.3 Å². The molecule has 1 heterocycles. The van der Waals surface area contributed by atoms with E-state index in [2.05, 4.69) is 10.3 Å². The fourth-order valence-corrected chi connectivity index (χ4v) is 1.42. The second kappa shape index (κ2) is 5.97. The first-order valence-electron chi connectivity index (χ1n) is 5.47. The summed E-state index contributed by atoms with van der Waals surface area (Å²) in [7, 11) is 1.63. The largest absolute Gasteiger partial charge is 0.385 e. The van der Waals surface area contributed by atoms with E-state index in [1.54, 1.807) is 7.05 Å². The topological polar surface area (TPSA) is 90.1 Å². The van der Waals surface area contributed by atoms with Crippen LogP contribution in [0.5, 0.6) is 0 Å². The van der Waals surface area contributed by atoms with Gasteiger partial charge in [0.15, 0.2) is 0 Å². The molecule has 7 heteroatoms. The Hall–Kier alpha value is -1.92. The lowest BCUT2D eigenvalue weighted by molar-refractivity contribution is -0.390. The number of nitrogens with one attached hydrogen (secondary N) is 1. The summed E-state index contributed by atoms with van der Waals surface area (Å²) in [6.45, 7) is 2.62. The van der Waals surface area contributed by atoms with Crippen LogP contribution in [0.15, 0.2) is 6.33 Å². The molecule has 0 bridgehead atoms. The van der Waals surface area contributed by atoms with Gasteiger partial charge in [-0.2, -0.15) is 0 Å². The van der Waals surface area contributed by atoms with Crippen molar-refractivity contribution < 1.29 is 9.72 Å².